The third-order valence-corrected chi connectivity index (χ3v) is 12.6. The van der Waals surface area contributed by atoms with Gasteiger partial charge in [0.2, 0.25) is 0 Å². The molecule has 0 aliphatic carbocycles. The molecule has 11 aromatic rings. The molecular weight excluding hydrogens is 799 g/mol. The van der Waals surface area contributed by atoms with Gasteiger partial charge in [-0.25, -0.2) is 0 Å². The number of hydrogen-bond donors (Lipinski definition) is 0. The molecule has 0 bridgehead atoms. The lowest BCUT2D eigenvalue weighted by Gasteiger charge is -2.26. The Hall–Kier alpha value is -8.66. The zero-order chi connectivity index (χ0) is 44.2. The lowest BCUT2D eigenvalue weighted by Crippen LogP contribution is -2.09. The van der Waals surface area contributed by atoms with Gasteiger partial charge in [0.15, 0.2) is 0 Å². The maximum Gasteiger partial charge on any atom is 0.0534 e. The summed E-state index contributed by atoms with van der Waals surface area (Å²) < 4.78 is 2.26. The van der Waals surface area contributed by atoms with Gasteiger partial charge in [0.1, 0.15) is 0 Å². The van der Waals surface area contributed by atoms with E-state index in [9.17, 15) is 0 Å². The van der Waals surface area contributed by atoms with Crippen LogP contribution < -0.4 is 9.80 Å². The van der Waals surface area contributed by atoms with Crippen molar-refractivity contribution in [1.29, 1.82) is 0 Å². The Morgan fingerprint density at radius 1 is 0.288 bits per heavy atom. The van der Waals surface area contributed by atoms with Crippen molar-refractivity contribution in [3.8, 4) is 50.2 Å². The topological polar surface area (TPSA) is 11.4 Å². The Morgan fingerprint density at radius 3 is 1.18 bits per heavy atom. The van der Waals surface area contributed by atoms with Crippen molar-refractivity contribution >= 4 is 45.0 Å². The Morgan fingerprint density at radius 2 is 0.682 bits per heavy atom. The summed E-state index contributed by atoms with van der Waals surface area (Å²) in [5, 5.41) is 1.23. The van der Waals surface area contributed by atoms with Gasteiger partial charge in [-0.05, 0) is 154 Å². The van der Waals surface area contributed by atoms with Crippen LogP contribution in [0.2, 0.25) is 0 Å². The summed E-state index contributed by atoms with van der Waals surface area (Å²) in [5.74, 6) is 0. The predicted molar refractivity (Wildman–Crippen MR) is 279 cm³/mol. The summed E-state index contributed by atoms with van der Waals surface area (Å²) in [5.41, 5.74) is 19.9. The van der Waals surface area contributed by atoms with Crippen molar-refractivity contribution in [3.63, 3.8) is 0 Å². The van der Waals surface area contributed by atoms with Gasteiger partial charge in [0.05, 0.1) is 5.52 Å². The molecule has 3 heteroatoms. The highest BCUT2D eigenvalue weighted by Gasteiger charge is 2.16. The summed E-state index contributed by atoms with van der Waals surface area (Å²) in [6.07, 6.45) is 2.17. The third kappa shape index (κ3) is 7.95. The molecule has 66 heavy (non-hydrogen) atoms. The molecule has 0 radical (unpaired) electrons. The highest BCUT2D eigenvalue weighted by atomic mass is 15.1. The minimum absolute atomic E-state index is 1.10. The van der Waals surface area contributed by atoms with Crippen LogP contribution in [0.1, 0.15) is 5.56 Å². The van der Waals surface area contributed by atoms with Gasteiger partial charge < -0.3 is 14.4 Å². The highest BCUT2D eigenvalue weighted by Crippen LogP contribution is 2.40. The molecule has 3 nitrogen and oxygen atoms in total. The minimum Gasteiger partial charge on any atom is -0.317 e. The fraction of sp³-hybridized carbons (Fsp3) is 0.0159. The summed E-state index contributed by atoms with van der Waals surface area (Å²) in [4.78, 5) is 4.65. The minimum atomic E-state index is 1.10. The zero-order valence-corrected chi connectivity index (χ0v) is 36.7. The van der Waals surface area contributed by atoms with E-state index in [2.05, 4.69) is 288 Å². The Kier molecular flexibility index (Phi) is 10.9. The highest BCUT2D eigenvalue weighted by molar-refractivity contribution is 5.97. The standard InChI is InChI=1S/C63H47N3/c1-46-45-52(49-27-36-57(37-28-49)65(54-19-10-4-11-20-54)56-34-25-48(26-35-56)47-15-6-2-7-16-47)33-42-60(46)50-29-38-58(39-30-50)66(55-21-12-5-13-22-55)59-40-31-51(32-41-59)61-23-14-24-63-62(61)43-44-64(63)53-17-8-3-9-18-53/h2-45H,1H3. The Labute approximate surface area is 387 Å². The quantitative estimate of drug-likeness (QED) is 0.128. The molecule has 10 aromatic carbocycles. The first-order chi connectivity index (χ1) is 32.6. The van der Waals surface area contributed by atoms with Crippen LogP contribution in [-0.2, 0) is 0 Å². The summed E-state index contributed by atoms with van der Waals surface area (Å²) >= 11 is 0. The van der Waals surface area contributed by atoms with Crippen LogP contribution in [0.3, 0.4) is 0 Å². The molecule has 0 aliphatic heterocycles. The number of nitrogens with zero attached hydrogens (tertiary/aromatic N) is 3. The van der Waals surface area contributed by atoms with Crippen LogP contribution in [0.5, 0.6) is 0 Å². The van der Waals surface area contributed by atoms with Crippen LogP contribution in [0.15, 0.2) is 267 Å². The van der Waals surface area contributed by atoms with E-state index in [1.54, 1.807) is 0 Å². The Balaban J connectivity index is 0.843. The first kappa shape index (κ1) is 40.1. The Bertz CT molecular complexity index is 3360. The van der Waals surface area contributed by atoms with E-state index in [1.165, 1.54) is 61.0 Å². The number of anilines is 6. The number of rotatable bonds is 11. The van der Waals surface area contributed by atoms with Gasteiger partial charge in [0.25, 0.3) is 0 Å². The number of fused-ring (bicyclic) bond motifs is 1. The molecule has 0 saturated heterocycles. The van der Waals surface area contributed by atoms with E-state index in [-0.39, 0.29) is 0 Å². The molecule has 1 aromatic heterocycles. The van der Waals surface area contributed by atoms with Crippen LogP contribution in [0.4, 0.5) is 34.1 Å². The van der Waals surface area contributed by atoms with Crippen LogP contribution >= 0.6 is 0 Å². The number of benzene rings is 10. The van der Waals surface area contributed by atoms with Crippen LogP contribution in [0.25, 0.3) is 61.1 Å². The smallest absolute Gasteiger partial charge is 0.0534 e. The normalized spacial score (nSPS) is 11.1. The number of hydrogen-bond acceptors (Lipinski definition) is 2. The van der Waals surface area contributed by atoms with Gasteiger partial charge in [0, 0.05) is 51.4 Å². The average molecular weight is 846 g/mol. The van der Waals surface area contributed by atoms with Crippen molar-refractivity contribution < 1.29 is 0 Å². The monoisotopic (exact) mass is 845 g/mol. The van der Waals surface area contributed by atoms with Gasteiger partial charge in [-0.15, -0.1) is 0 Å². The molecule has 0 N–H and O–H groups in total. The molecule has 0 aliphatic rings. The van der Waals surface area contributed by atoms with E-state index in [1.807, 2.05) is 0 Å². The maximum atomic E-state index is 2.33. The number of aryl methyl sites for hydroxylation is 1. The van der Waals surface area contributed by atoms with Crippen molar-refractivity contribution in [3.05, 3.63) is 273 Å². The lowest BCUT2D eigenvalue weighted by molar-refractivity contribution is 1.13. The van der Waals surface area contributed by atoms with Gasteiger partial charge >= 0.3 is 0 Å². The second-order valence-electron chi connectivity index (χ2n) is 16.7. The van der Waals surface area contributed by atoms with E-state index < -0.39 is 0 Å². The van der Waals surface area contributed by atoms with E-state index >= 15 is 0 Å². The van der Waals surface area contributed by atoms with Gasteiger partial charge in [-0.2, -0.15) is 0 Å². The molecule has 314 valence electrons. The van der Waals surface area contributed by atoms with E-state index in [0.29, 0.717) is 0 Å². The summed E-state index contributed by atoms with van der Waals surface area (Å²) in [6.45, 7) is 2.21. The van der Waals surface area contributed by atoms with Crippen molar-refractivity contribution in [1.82, 2.24) is 4.57 Å². The SMILES string of the molecule is Cc1cc(-c2ccc(N(c3ccccc3)c3ccc(-c4ccccc4)cc3)cc2)ccc1-c1ccc(N(c2ccccc2)c2ccc(-c3cccc4c3ccn4-c3ccccc3)cc2)cc1. The molecule has 0 atom stereocenters. The molecule has 0 spiro atoms. The largest absolute Gasteiger partial charge is 0.317 e. The first-order valence-corrected chi connectivity index (χ1v) is 22.6. The maximum absolute atomic E-state index is 2.33. The van der Waals surface area contributed by atoms with Crippen LogP contribution in [0, 0.1) is 6.92 Å². The average Bonchev–Trinajstić information content (AvgIpc) is 3.83. The van der Waals surface area contributed by atoms with E-state index in [4.69, 9.17) is 0 Å². The van der Waals surface area contributed by atoms with Crippen molar-refractivity contribution in [2.24, 2.45) is 0 Å². The number of para-hydroxylation sites is 3. The molecule has 0 saturated carbocycles. The molecule has 0 unspecified atom stereocenters. The second kappa shape index (κ2) is 17.8. The molecule has 1 heterocycles. The third-order valence-electron chi connectivity index (χ3n) is 12.6. The lowest BCUT2D eigenvalue weighted by atomic mass is 9.95. The van der Waals surface area contributed by atoms with Crippen molar-refractivity contribution in [2.45, 2.75) is 6.92 Å². The summed E-state index contributed by atoms with van der Waals surface area (Å²) in [7, 11) is 0. The van der Waals surface area contributed by atoms with E-state index in [0.717, 1.165) is 39.8 Å². The predicted octanol–water partition coefficient (Wildman–Crippen LogP) is 17.5. The molecule has 11 rings (SSSR count). The molecule has 0 amide bonds. The van der Waals surface area contributed by atoms with Crippen LogP contribution in [-0.4, -0.2) is 4.57 Å². The van der Waals surface area contributed by atoms with Gasteiger partial charge in [-0.1, -0.05) is 164 Å². The van der Waals surface area contributed by atoms with Crippen molar-refractivity contribution in [2.75, 3.05) is 9.80 Å². The fourth-order valence-corrected chi connectivity index (χ4v) is 9.27. The fourth-order valence-electron chi connectivity index (χ4n) is 9.27. The van der Waals surface area contributed by atoms with Gasteiger partial charge in [-0.3, -0.25) is 0 Å². The second-order valence-corrected chi connectivity index (χ2v) is 16.7. The molecule has 0 fully saturated rings. The first-order valence-electron chi connectivity index (χ1n) is 22.6. The summed E-state index contributed by atoms with van der Waals surface area (Å²) in [6, 6.07) is 93.6. The molecular formula is C63H47N3. The number of aromatic nitrogens is 1. The zero-order valence-electron chi connectivity index (χ0n) is 36.7.